The van der Waals surface area contributed by atoms with Crippen molar-refractivity contribution in [2.75, 3.05) is 0 Å². The Balaban J connectivity index is 2.15. The van der Waals surface area contributed by atoms with Gasteiger partial charge in [0.2, 0.25) is 0 Å². The van der Waals surface area contributed by atoms with Gasteiger partial charge in [0, 0.05) is 11.1 Å². The summed E-state index contributed by atoms with van der Waals surface area (Å²) in [4.78, 5) is 4.61. The Morgan fingerprint density at radius 1 is 1.00 bits per heavy atom. The van der Waals surface area contributed by atoms with Crippen LogP contribution >= 0.6 is 11.3 Å². The molecule has 2 aromatic carbocycles. The average molecular weight is 319 g/mol. The topological polar surface area (TPSA) is 16.8 Å². The Morgan fingerprint density at radius 2 is 1.74 bits per heavy atom. The minimum absolute atomic E-state index is 1.12. The molecule has 3 heteroatoms. The van der Waals surface area contributed by atoms with Crippen molar-refractivity contribution in [2.45, 2.75) is 20.8 Å². The molecule has 0 amide bonds. The molecule has 0 bridgehead atoms. The van der Waals surface area contributed by atoms with Gasteiger partial charge in [-0.2, -0.15) is 0 Å². The number of hydrogen-bond donors (Lipinski definition) is 0. The maximum absolute atomic E-state index is 4.61. The second kappa shape index (κ2) is 5.14. The van der Waals surface area contributed by atoms with Crippen LogP contribution in [0.25, 0.3) is 32.2 Å². The van der Waals surface area contributed by atoms with E-state index < -0.39 is 0 Å². The predicted octanol–water partition coefficient (Wildman–Crippen LogP) is 4.87. The van der Waals surface area contributed by atoms with Crippen molar-refractivity contribution in [3.8, 4) is 11.3 Å². The van der Waals surface area contributed by atoms with Crippen molar-refractivity contribution in [2.24, 2.45) is 7.05 Å². The van der Waals surface area contributed by atoms with Crippen molar-refractivity contribution >= 4 is 32.3 Å². The molecule has 0 atom stereocenters. The van der Waals surface area contributed by atoms with E-state index in [2.05, 4.69) is 73.1 Å². The summed E-state index contributed by atoms with van der Waals surface area (Å²) in [7, 11) is 2.08. The fourth-order valence-corrected chi connectivity index (χ4v) is 4.49. The van der Waals surface area contributed by atoms with Crippen molar-refractivity contribution in [3.63, 3.8) is 0 Å². The summed E-state index contributed by atoms with van der Waals surface area (Å²) in [6.07, 6.45) is 1.93. The second-order valence-corrected chi connectivity index (χ2v) is 7.09. The lowest BCUT2D eigenvalue weighted by Gasteiger charge is -2.12. The molecule has 2 heterocycles. The van der Waals surface area contributed by atoms with E-state index in [1.54, 1.807) is 11.3 Å². The van der Waals surface area contributed by atoms with E-state index in [1.165, 1.54) is 43.4 Å². The van der Waals surface area contributed by atoms with Crippen LogP contribution in [0.15, 0.2) is 42.0 Å². The van der Waals surface area contributed by atoms with Gasteiger partial charge in [-0.25, -0.2) is 4.57 Å². The number of hydrogen-bond acceptors (Lipinski definition) is 2. The molecule has 0 aliphatic carbocycles. The first-order valence-electron chi connectivity index (χ1n) is 7.79. The summed E-state index contributed by atoms with van der Waals surface area (Å²) in [5, 5.41) is 4.87. The number of aromatic nitrogens is 2. The maximum Gasteiger partial charge on any atom is 0.287 e. The highest BCUT2D eigenvalue weighted by Gasteiger charge is 2.21. The van der Waals surface area contributed by atoms with Gasteiger partial charge in [-0.15, -0.1) is 11.3 Å². The monoisotopic (exact) mass is 319 g/mol. The largest absolute Gasteiger partial charge is 0.287 e. The first kappa shape index (κ1) is 14.3. The number of nitrogens with zero attached hydrogens (tertiary/aromatic N) is 2. The number of thiophene rings is 1. The summed E-state index contributed by atoms with van der Waals surface area (Å²) in [6, 6.07) is 11.0. The van der Waals surface area contributed by atoms with Crippen LogP contribution in [0.5, 0.6) is 0 Å². The third-order valence-electron chi connectivity index (χ3n) is 4.65. The second-order valence-electron chi connectivity index (χ2n) is 6.21. The van der Waals surface area contributed by atoms with Crippen LogP contribution < -0.4 is 4.57 Å². The fraction of sp³-hybridized carbons (Fsp3) is 0.200. The molecule has 0 unspecified atom stereocenters. The SMILES string of the molecule is Cc1cc(-c2c3scc(C)c3nc[n+]2C)c(C)c2ccccc12. The first-order chi connectivity index (χ1) is 11.1. The van der Waals surface area contributed by atoms with Crippen molar-refractivity contribution < 1.29 is 4.57 Å². The maximum atomic E-state index is 4.61. The third kappa shape index (κ3) is 2.07. The van der Waals surface area contributed by atoms with Gasteiger partial charge in [0.25, 0.3) is 6.33 Å². The molecule has 0 N–H and O–H groups in total. The van der Waals surface area contributed by atoms with Crippen molar-refractivity contribution in [1.29, 1.82) is 0 Å². The summed E-state index contributed by atoms with van der Waals surface area (Å²) < 4.78 is 3.42. The first-order valence-corrected chi connectivity index (χ1v) is 8.67. The normalized spacial score (nSPS) is 11.5. The van der Waals surface area contributed by atoms with Gasteiger partial charge in [0.1, 0.15) is 4.70 Å². The smallest absolute Gasteiger partial charge is 0.231 e. The fourth-order valence-electron chi connectivity index (χ4n) is 3.39. The average Bonchev–Trinajstić information content (AvgIpc) is 2.93. The molecule has 0 saturated heterocycles. The molecule has 2 aromatic heterocycles. The Labute approximate surface area is 140 Å². The van der Waals surface area contributed by atoms with Crippen LogP contribution in [0.1, 0.15) is 16.7 Å². The van der Waals surface area contributed by atoms with Gasteiger partial charge in [0.15, 0.2) is 11.2 Å². The molecule has 4 rings (SSSR count). The number of fused-ring (bicyclic) bond motifs is 2. The Morgan fingerprint density at radius 3 is 2.52 bits per heavy atom. The molecule has 114 valence electrons. The zero-order chi connectivity index (χ0) is 16.1. The quantitative estimate of drug-likeness (QED) is 0.458. The van der Waals surface area contributed by atoms with E-state index in [0.717, 1.165) is 5.52 Å². The highest BCUT2D eigenvalue weighted by Crippen LogP contribution is 2.36. The van der Waals surface area contributed by atoms with Gasteiger partial charge < -0.3 is 0 Å². The molecule has 2 nitrogen and oxygen atoms in total. The van der Waals surface area contributed by atoms with E-state index in [4.69, 9.17) is 0 Å². The van der Waals surface area contributed by atoms with Crippen molar-refractivity contribution in [3.05, 3.63) is 58.7 Å². The van der Waals surface area contributed by atoms with Gasteiger partial charge in [0.05, 0.1) is 7.05 Å². The van der Waals surface area contributed by atoms with Gasteiger partial charge >= 0.3 is 0 Å². The van der Waals surface area contributed by atoms with E-state index in [-0.39, 0.29) is 0 Å². The van der Waals surface area contributed by atoms with Crippen molar-refractivity contribution in [1.82, 2.24) is 4.98 Å². The molecule has 0 aliphatic rings. The lowest BCUT2D eigenvalue weighted by molar-refractivity contribution is -0.662. The minimum Gasteiger partial charge on any atom is -0.231 e. The Kier molecular flexibility index (Phi) is 3.20. The Bertz CT molecular complexity index is 1060. The van der Waals surface area contributed by atoms with Crippen LogP contribution in [-0.2, 0) is 7.05 Å². The van der Waals surface area contributed by atoms with Crippen LogP contribution in [0, 0.1) is 20.8 Å². The van der Waals surface area contributed by atoms with Gasteiger partial charge in [-0.1, -0.05) is 24.3 Å². The number of benzene rings is 2. The summed E-state index contributed by atoms with van der Waals surface area (Å²) in [5.41, 5.74) is 7.59. The van der Waals surface area contributed by atoms with E-state index in [9.17, 15) is 0 Å². The molecule has 0 radical (unpaired) electrons. The standard InChI is InChI=1S/C20H19N2S/c1-12-9-17(14(3)16-8-6-5-7-15(12)16)19-20-18(13(2)10-23-20)21-11-22(19)4/h5-11H,1-4H3/q+1. The molecule has 0 spiro atoms. The van der Waals surface area contributed by atoms with Crippen LogP contribution in [0.3, 0.4) is 0 Å². The molecule has 4 aromatic rings. The lowest BCUT2D eigenvalue weighted by atomic mass is 9.94. The molecule has 0 aliphatic heterocycles. The van der Waals surface area contributed by atoms with E-state index in [1.807, 2.05) is 6.33 Å². The number of rotatable bonds is 1. The van der Waals surface area contributed by atoms with Gasteiger partial charge in [-0.3, -0.25) is 0 Å². The summed E-state index contributed by atoms with van der Waals surface area (Å²) in [6.45, 7) is 6.56. The summed E-state index contributed by atoms with van der Waals surface area (Å²) >= 11 is 1.79. The zero-order valence-corrected chi connectivity index (χ0v) is 14.7. The predicted molar refractivity (Wildman–Crippen MR) is 97.9 cm³/mol. The van der Waals surface area contributed by atoms with Crippen LogP contribution in [0.2, 0.25) is 0 Å². The number of aryl methyl sites for hydroxylation is 4. The van der Waals surface area contributed by atoms with E-state index >= 15 is 0 Å². The zero-order valence-electron chi connectivity index (χ0n) is 13.8. The minimum atomic E-state index is 1.12. The Hall–Kier alpha value is -2.26. The van der Waals surface area contributed by atoms with Gasteiger partial charge in [-0.05, 0) is 59.1 Å². The molecule has 0 fully saturated rings. The molecule has 0 saturated carbocycles. The molecular weight excluding hydrogens is 300 g/mol. The highest BCUT2D eigenvalue weighted by molar-refractivity contribution is 7.17. The highest BCUT2D eigenvalue weighted by atomic mass is 32.1. The summed E-state index contributed by atoms with van der Waals surface area (Å²) in [5.74, 6) is 0. The molecule has 23 heavy (non-hydrogen) atoms. The van der Waals surface area contributed by atoms with E-state index in [0.29, 0.717) is 0 Å². The lowest BCUT2D eigenvalue weighted by Crippen LogP contribution is -2.31. The van der Waals surface area contributed by atoms with Crippen LogP contribution in [-0.4, -0.2) is 4.98 Å². The molecular formula is C20H19N2S+. The third-order valence-corrected chi connectivity index (χ3v) is 5.74. The van der Waals surface area contributed by atoms with Crippen LogP contribution in [0.4, 0.5) is 0 Å².